The first-order valence-electron chi connectivity index (χ1n) is 4.54. The fraction of sp³-hybridized carbons (Fsp3) is 0.750. The molecule has 0 radical (unpaired) electrons. The molecule has 0 spiro atoms. The SMILES string of the molecule is O=C1CN(CC2COCCO2)C(=O)N1. The minimum absolute atomic E-state index is 0.111. The van der Waals surface area contributed by atoms with Gasteiger partial charge in [0.2, 0.25) is 5.91 Å². The number of nitrogens with one attached hydrogen (secondary N) is 1. The summed E-state index contributed by atoms with van der Waals surface area (Å²) in [6.45, 7) is 2.17. The van der Waals surface area contributed by atoms with Gasteiger partial charge in [-0.3, -0.25) is 10.1 Å². The molecule has 6 heteroatoms. The molecule has 0 aromatic rings. The number of rotatable bonds is 2. The summed E-state index contributed by atoms with van der Waals surface area (Å²) in [6, 6.07) is -0.343. The van der Waals surface area contributed by atoms with Crippen LogP contribution in [0.25, 0.3) is 0 Å². The number of carbonyl (C=O) groups excluding carboxylic acids is 2. The van der Waals surface area contributed by atoms with Crippen molar-refractivity contribution in [3.05, 3.63) is 0 Å². The van der Waals surface area contributed by atoms with Crippen molar-refractivity contribution in [3.63, 3.8) is 0 Å². The predicted octanol–water partition coefficient (Wildman–Crippen LogP) is -1.05. The van der Waals surface area contributed by atoms with Gasteiger partial charge in [-0.05, 0) is 0 Å². The first-order valence-corrected chi connectivity index (χ1v) is 4.54. The van der Waals surface area contributed by atoms with E-state index in [0.29, 0.717) is 26.4 Å². The van der Waals surface area contributed by atoms with Crippen LogP contribution < -0.4 is 5.32 Å². The molecule has 14 heavy (non-hydrogen) atoms. The summed E-state index contributed by atoms with van der Waals surface area (Å²) in [5.74, 6) is -0.258. The monoisotopic (exact) mass is 200 g/mol. The number of hydrogen-bond donors (Lipinski definition) is 1. The highest BCUT2D eigenvalue weighted by atomic mass is 16.6. The normalized spacial score (nSPS) is 28.0. The van der Waals surface area contributed by atoms with Crippen LogP contribution >= 0.6 is 0 Å². The first-order chi connectivity index (χ1) is 6.75. The Morgan fingerprint density at radius 2 is 2.29 bits per heavy atom. The van der Waals surface area contributed by atoms with Crippen molar-refractivity contribution >= 4 is 11.9 Å². The van der Waals surface area contributed by atoms with Gasteiger partial charge in [-0.25, -0.2) is 4.79 Å². The second-order valence-corrected chi connectivity index (χ2v) is 3.30. The Kier molecular flexibility index (Phi) is 2.64. The summed E-state index contributed by atoms with van der Waals surface area (Å²) in [5.41, 5.74) is 0. The van der Waals surface area contributed by atoms with Crippen molar-refractivity contribution in [2.45, 2.75) is 6.10 Å². The van der Waals surface area contributed by atoms with E-state index in [1.165, 1.54) is 4.90 Å². The van der Waals surface area contributed by atoms with E-state index in [2.05, 4.69) is 5.32 Å². The van der Waals surface area contributed by atoms with E-state index in [1.54, 1.807) is 0 Å². The number of nitrogens with zero attached hydrogens (tertiary/aromatic N) is 1. The second kappa shape index (κ2) is 3.93. The lowest BCUT2D eigenvalue weighted by molar-refractivity contribution is -0.119. The summed E-state index contributed by atoms with van der Waals surface area (Å²) < 4.78 is 10.6. The van der Waals surface area contributed by atoms with Gasteiger partial charge in [-0.2, -0.15) is 0 Å². The number of amides is 3. The van der Waals surface area contributed by atoms with Crippen LogP contribution in [0, 0.1) is 0 Å². The van der Waals surface area contributed by atoms with Crippen molar-refractivity contribution in [2.75, 3.05) is 32.9 Å². The summed E-state index contributed by atoms with van der Waals surface area (Å²) in [5, 5.41) is 2.21. The molecule has 0 saturated carbocycles. The molecule has 6 nitrogen and oxygen atoms in total. The van der Waals surface area contributed by atoms with Crippen molar-refractivity contribution in [3.8, 4) is 0 Å². The first kappa shape index (κ1) is 9.42. The Morgan fingerprint density at radius 3 is 2.86 bits per heavy atom. The Hall–Kier alpha value is -1.14. The van der Waals surface area contributed by atoms with Crippen LogP contribution in [0.2, 0.25) is 0 Å². The van der Waals surface area contributed by atoms with Crippen LogP contribution in [0.3, 0.4) is 0 Å². The molecule has 2 heterocycles. The van der Waals surface area contributed by atoms with Crippen LogP contribution in [0.5, 0.6) is 0 Å². The standard InChI is InChI=1S/C8H12N2O4/c11-7-4-10(8(12)9-7)3-6-5-13-1-2-14-6/h6H,1-5H2,(H,9,11,12). The van der Waals surface area contributed by atoms with Gasteiger partial charge in [-0.15, -0.1) is 0 Å². The fourth-order valence-electron chi connectivity index (χ4n) is 1.52. The topological polar surface area (TPSA) is 67.9 Å². The molecule has 1 N–H and O–H groups in total. The smallest absolute Gasteiger partial charge is 0.324 e. The molecule has 0 aliphatic carbocycles. The van der Waals surface area contributed by atoms with Crippen LogP contribution in [-0.4, -0.2) is 55.9 Å². The van der Waals surface area contributed by atoms with Gasteiger partial charge in [0.1, 0.15) is 6.54 Å². The number of carbonyl (C=O) groups is 2. The van der Waals surface area contributed by atoms with Gasteiger partial charge in [0.25, 0.3) is 0 Å². The number of ether oxygens (including phenoxy) is 2. The van der Waals surface area contributed by atoms with Gasteiger partial charge in [0.05, 0.1) is 32.5 Å². The highest BCUT2D eigenvalue weighted by Crippen LogP contribution is 2.06. The largest absolute Gasteiger partial charge is 0.376 e. The van der Waals surface area contributed by atoms with Gasteiger partial charge < -0.3 is 14.4 Å². The molecule has 2 aliphatic rings. The summed E-state index contributed by atoms with van der Waals surface area (Å²) in [6.07, 6.45) is -0.111. The molecular weight excluding hydrogens is 188 g/mol. The zero-order valence-corrected chi connectivity index (χ0v) is 7.69. The lowest BCUT2D eigenvalue weighted by Crippen LogP contribution is -2.41. The van der Waals surface area contributed by atoms with E-state index in [9.17, 15) is 9.59 Å². The quantitative estimate of drug-likeness (QED) is 0.578. The predicted molar refractivity (Wildman–Crippen MR) is 45.7 cm³/mol. The lowest BCUT2D eigenvalue weighted by Gasteiger charge is -2.26. The highest BCUT2D eigenvalue weighted by molar-refractivity contribution is 6.01. The maximum atomic E-state index is 11.2. The molecule has 1 unspecified atom stereocenters. The van der Waals surface area contributed by atoms with Crippen molar-refractivity contribution in [1.82, 2.24) is 10.2 Å². The zero-order chi connectivity index (χ0) is 9.97. The number of urea groups is 1. The maximum absolute atomic E-state index is 11.2. The van der Waals surface area contributed by atoms with E-state index in [-0.39, 0.29) is 24.6 Å². The van der Waals surface area contributed by atoms with Crippen molar-refractivity contribution < 1.29 is 19.1 Å². The maximum Gasteiger partial charge on any atom is 0.324 e. The van der Waals surface area contributed by atoms with Gasteiger partial charge >= 0.3 is 6.03 Å². The third-order valence-electron chi connectivity index (χ3n) is 2.18. The third-order valence-corrected chi connectivity index (χ3v) is 2.18. The molecular formula is C8H12N2O4. The molecule has 0 aromatic carbocycles. The fourth-order valence-corrected chi connectivity index (χ4v) is 1.52. The van der Waals surface area contributed by atoms with Gasteiger partial charge in [0, 0.05) is 0 Å². The van der Waals surface area contributed by atoms with Crippen molar-refractivity contribution in [2.24, 2.45) is 0 Å². The third kappa shape index (κ3) is 2.02. The molecule has 0 bridgehead atoms. The van der Waals surface area contributed by atoms with E-state index < -0.39 is 0 Å². The Balaban J connectivity index is 1.84. The van der Waals surface area contributed by atoms with Crippen LogP contribution in [0.4, 0.5) is 4.79 Å². The molecule has 78 valence electrons. The summed E-state index contributed by atoms with van der Waals surface area (Å²) in [7, 11) is 0. The molecule has 2 fully saturated rings. The number of imide groups is 1. The van der Waals surface area contributed by atoms with E-state index in [0.717, 1.165) is 0 Å². The molecule has 3 amide bonds. The summed E-state index contributed by atoms with van der Waals surface area (Å²) >= 11 is 0. The van der Waals surface area contributed by atoms with E-state index in [1.807, 2.05) is 0 Å². The molecule has 1 atom stereocenters. The average Bonchev–Trinajstić information content (AvgIpc) is 2.47. The van der Waals surface area contributed by atoms with Crippen LogP contribution in [-0.2, 0) is 14.3 Å². The molecule has 2 rings (SSSR count). The molecule has 2 aliphatic heterocycles. The van der Waals surface area contributed by atoms with Gasteiger partial charge in [-0.1, -0.05) is 0 Å². The molecule has 2 saturated heterocycles. The highest BCUT2D eigenvalue weighted by Gasteiger charge is 2.29. The van der Waals surface area contributed by atoms with E-state index >= 15 is 0 Å². The van der Waals surface area contributed by atoms with E-state index in [4.69, 9.17) is 9.47 Å². The molecule has 0 aromatic heterocycles. The van der Waals surface area contributed by atoms with Crippen molar-refractivity contribution in [1.29, 1.82) is 0 Å². The van der Waals surface area contributed by atoms with Crippen LogP contribution in [0.1, 0.15) is 0 Å². The van der Waals surface area contributed by atoms with Gasteiger partial charge in [0.15, 0.2) is 0 Å². The Morgan fingerprint density at radius 1 is 1.43 bits per heavy atom. The summed E-state index contributed by atoms with van der Waals surface area (Å²) in [4.78, 5) is 23.4. The minimum atomic E-state index is -0.343. The minimum Gasteiger partial charge on any atom is -0.376 e. The van der Waals surface area contributed by atoms with Crippen LogP contribution in [0.15, 0.2) is 0 Å². The average molecular weight is 200 g/mol. The lowest BCUT2D eigenvalue weighted by atomic mass is 10.3. The Bertz CT molecular complexity index is 250. The number of hydrogen-bond acceptors (Lipinski definition) is 4. The second-order valence-electron chi connectivity index (χ2n) is 3.30. The zero-order valence-electron chi connectivity index (χ0n) is 7.69. The Labute approximate surface area is 81.1 Å².